The number of aromatic nitrogens is 4. The number of halogens is 2. The molecule has 0 saturated carbocycles. The number of pyridine rings is 1. The first-order valence-electron chi connectivity index (χ1n) is 9.92. The number of fused-ring (bicyclic) bond motifs is 1. The molecule has 0 spiro atoms. The summed E-state index contributed by atoms with van der Waals surface area (Å²) in [7, 11) is 0. The van der Waals surface area contributed by atoms with Crippen molar-refractivity contribution in [2.24, 2.45) is 0 Å². The fraction of sp³-hybridized carbons (Fsp3) is 0.190. The third-order valence-electron chi connectivity index (χ3n) is 4.99. The van der Waals surface area contributed by atoms with E-state index in [2.05, 4.69) is 25.6 Å². The van der Waals surface area contributed by atoms with Crippen LogP contribution in [0.15, 0.2) is 48.9 Å². The van der Waals surface area contributed by atoms with Gasteiger partial charge in [0.25, 0.3) is 0 Å². The third-order valence-corrected chi connectivity index (χ3v) is 4.99. The minimum absolute atomic E-state index is 0.0710. The molecule has 32 heavy (non-hydrogen) atoms. The first kappa shape index (κ1) is 19.9. The SMILES string of the molecule is Oc1c(F)cc(Nc2nc(Nc3ccn4ccnc4c3)cc(N3CCOCC3)n2)cc1F. The van der Waals surface area contributed by atoms with Gasteiger partial charge in [0.15, 0.2) is 17.4 Å². The summed E-state index contributed by atoms with van der Waals surface area (Å²) in [5.41, 5.74) is 1.61. The van der Waals surface area contributed by atoms with Gasteiger partial charge in [-0.25, -0.2) is 13.8 Å². The zero-order chi connectivity index (χ0) is 22.1. The van der Waals surface area contributed by atoms with E-state index in [9.17, 15) is 13.9 Å². The first-order valence-corrected chi connectivity index (χ1v) is 9.92. The highest BCUT2D eigenvalue weighted by atomic mass is 19.1. The van der Waals surface area contributed by atoms with Crippen LogP contribution in [-0.2, 0) is 4.74 Å². The molecule has 5 rings (SSSR count). The van der Waals surface area contributed by atoms with Crippen molar-refractivity contribution in [3.63, 3.8) is 0 Å². The smallest absolute Gasteiger partial charge is 0.231 e. The zero-order valence-electron chi connectivity index (χ0n) is 16.8. The van der Waals surface area contributed by atoms with Crippen molar-refractivity contribution in [2.45, 2.75) is 0 Å². The number of nitrogens with one attached hydrogen (secondary N) is 2. The van der Waals surface area contributed by atoms with Gasteiger partial charge >= 0.3 is 0 Å². The van der Waals surface area contributed by atoms with E-state index >= 15 is 0 Å². The van der Waals surface area contributed by atoms with E-state index in [1.165, 1.54) is 0 Å². The number of aromatic hydroxyl groups is 1. The van der Waals surface area contributed by atoms with Crippen molar-refractivity contribution in [3.05, 3.63) is 60.6 Å². The van der Waals surface area contributed by atoms with Gasteiger partial charge in [-0.1, -0.05) is 0 Å². The molecule has 4 heterocycles. The van der Waals surface area contributed by atoms with Crippen LogP contribution in [0.3, 0.4) is 0 Å². The standard InChI is InChI=1S/C21H19F2N7O2/c22-15-9-14(10-16(23)20(15)31)26-21-27-17(12-19(28-21)30-5-7-32-8-6-30)25-13-1-3-29-4-2-24-18(29)11-13/h1-4,9-12,31H,5-8H2,(H2,25,26,27,28). The van der Waals surface area contributed by atoms with E-state index in [4.69, 9.17) is 4.74 Å². The number of hydrogen-bond acceptors (Lipinski definition) is 8. The normalized spacial score (nSPS) is 14.0. The molecule has 3 N–H and O–H groups in total. The van der Waals surface area contributed by atoms with Crippen molar-refractivity contribution in [3.8, 4) is 5.75 Å². The molecule has 1 fully saturated rings. The molecule has 1 aromatic carbocycles. The summed E-state index contributed by atoms with van der Waals surface area (Å²) in [6, 6.07) is 7.49. The second kappa shape index (κ2) is 8.27. The molecule has 11 heteroatoms. The molecule has 0 radical (unpaired) electrons. The fourth-order valence-corrected chi connectivity index (χ4v) is 3.41. The van der Waals surface area contributed by atoms with Gasteiger partial charge in [0.1, 0.15) is 17.3 Å². The Balaban J connectivity index is 1.49. The van der Waals surface area contributed by atoms with Gasteiger partial charge in [-0.15, -0.1) is 0 Å². The van der Waals surface area contributed by atoms with Gasteiger partial charge in [0.2, 0.25) is 5.95 Å². The molecule has 0 unspecified atom stereocenters. The van der Waals surface area contributed by atoms with Crippen LogP contribution in [0.5, 0.6) is 5.75 Å². The molecule has 1 saturated heterocycles. The Morgan fingerprint density at radius 2 is 1.72 bits per heavy atom. The maximum absolute atomic E-state index is 13.8. The third kappa shape index (κ3) is 4.10. The highest BCUT2D eigenvalue weighted by molar-refractivity contribution is 5.66. The Labute approximate surface area is 181 Å². The summed E-state index contributed by atoms with van der Waals surface area (Å²) in [5, 5.41) is 15.4. The van der Waals surface area contributed by atoms with Gasteiger partial charge in [-0.3, -0.25) is 0 Å². The lowest BCUT2D eigenvalue weighted by atomic mass is 10.3. The van der Waals surface area contributed by atoms with Crippen LogP contribution < -0.4 is 15.5 Å². The average molecular weight is 439 g/mol. The maximum Gasteiger partial charge on any atom is 0.231 e. The average Bonchev–Trinajstić information content (AvgIpc) is 3.26. The second-order valence-corrected chi connectivity index (χ2v) is 7.18. The zero-order valence-corrected chi connectivity index (χ0v) is 16.8. The van der Waals surface area contributed by atoms with Crippen LogP contribution in [0.1, 0.15) is 0 Å². The fourth-order valence-electron chi connectivity index (χ4n) is 3.41. The van der Waals surface area contributed by atoms with E-state index in [1.807, 2.05) is 33.8 Å². The number of morpholine rings is 1. The monoisotopic (exact) mass is 439 g/mol. The summed E-state index contributed by atoms with van der Waals surface area (Å²) < 4.78 is 34.8. The van der Waals surface area contributed by atoms with Gasteiger partial charge in [0.05, 0.1) is 13.2 Å². The second-order valence-electron chi connectivity index (χ2n) is 7.18. The number of ether oxygens (including phenoxy) is 1. The molecule has 1 aliphatic heterocycles. The summed E-state index contributed by atoms with van der Waals surface area (Å²) in [6.45, 7) is 2.44. The van der Waals surface area contributed by atoms with E-state index in [-0.39, 0.29) is 11.6 Å². The number of anilines is 5. The summed E-state index contributed by atoms with van der Waals surface area (Å²) in [6.07, 6.45) is 5.42. The van der Waals surface area contributed by atoms with Crippen LogP contribution in [0.25, 0.3) is 5.65 Å². The van der Waals surface area contributed by atoms with Gasteiger partial charge in [-0.2, -0.15) is 9.97 Å². The number of benzene rings is 1. The molecule has 4 aromatic rings. The number of rotatable bonds is 5. The molecule has 1 aliphatic rings. The molecule has 3 aromatic heterocycles. The number of phenols is 1. The number of imidazole rings is 1. The van der Waals surface area contributed by atoms with Crippen LogP contribution in [0.2, 0.25) is 0 Å². The van der Waals surface area contributed by atoms with Crippen molar-refractivity contribution in [2.75, 3.05) is 41.8 Å². The number of nitrogens with zero attached hydrogens (tertiary/aromatic N) is 5. The topological polar surface area (TPSA) is 99.8 Å². The van der Waals surface area contributed by atoms with Crippen LogP contribution in [-0.4, -0.2) is 50.8 Å². The summed E-state index contributed by atoms with van der Waals surface area (Å²) in [4.78, 5) is 15.3. The Hall–Kier alpha value is -3.99. The van der Waals surface area contributed by atoms with E-state index < -0.39 is 17.4 Å². The van der Waals surface area contributed by atoms with Crippen molar-refractivity contribution < 1.29 is 18.6 Å². The Morgan fingerprint density at radius 3 is 2.50 bits per heavy atom. The first-order chi connectivity index (χ1) is 15.5. The predicted molar refractivity (Wildman–Crippen MR) is 115 cm³/mol. The Kier molecular flexibility index (Phi) is 5.15. The lowest BCUT2D eigenvalue weighted by Gasteiger charge is -2.28. The van der Waals surface area contributed by atoms with Crippen molar-refractivity contribution in [1.82, 2.24) is 19.4 Å². The number of phenolic OH excluding ortho intramolecular Hbond substituents is 1. The molecular formula is C21H19F2N7O2. The molecule has 9 nitrogen and oxygen atoms in total. The summed E-state index contributed by atoms with van der Waals surface area (Å²) >= 11 is 0. The molecule has 164 valence electrons. The minimum atomic E-state index is -1.08. The van der Waals surface area contributed by atoms with Gasteiger partial charge in [0, 0.05) is 67.3 Å². The number of hydrogen-bond donors (Lipinski definition) is 3. The van der Waals surface area contributed by atoms with Crippen LogP contribution in [0.4, 0.5) is 37.7 Å². The maximum atomic E-state index is 13.8. The molecule has 0 aliphatic carbocycles. The summed E-state index contributed by atoms with van der Waals surface area (Å²) in [5.74, 6) is -1.93. The highest BCUT2D eigenvalue weighted by Gasteiger charge is 2.17. The Morgan fingerprint density at radius 1 is 0.938 bits per heavy atom. The van der Waals surface area contributed by atoms with E-state index in [0.29, 0.717) is 37.9 Å². The minimum Gasteiger partial charge on any atom is -0.503 e. The lowest BCUT2D eigenvalue weighted by Crippen LogP contribution is -2.36. The lowest BCUT2D eigenvalue weighted by molar-refractivity contribution is 0.122. The quantitative estimate of drug-likeness (QED) is 0.407. The van der Waals surface area contributed by atoms with Gasteiger partial charge in [-0.05, 0) is 6.07 Å². The van der Waals surface area contributed by atoms with Crippen molar-refractivity contribution in [1.29, 1.82) is 0 Å². The highest BCUT2D eigenvalue weighted by Crippen LogP contribution is 2.28. The molecule has 0 atom stereocenters. The molecular weight excluding hydrogens is 420 g/mol. The largest absolute Gasteiger partial charge is 0.503 e. The van der Waals surface area contributed by atoms with Crippen LogP contribution in [0, 0.1) is 11.6 Å². The molecule has 0 bridgehead atoms. The van der Waals surface area contributed by atoms with Gasteiger partial charge < -0.3 is 29.8 Å². The van der Waals surface area contributed by atoms with Crippen molar-refractivity contribution >= 4 is 34.6 Å². The predicted octanol–water partition coefficient (Wildman–Crippen LogP) is 3.43. The van der Waals surface area contributed by atoms with Crippen LogP contribution >= 0.6 is 0 Å². The van der Waals surface area contributed by atoms with E-state index in [1.54, 1.807) is 12.3 Å². The van der Waals surface area contributed by atoms with E-state index in [0.717, 1.165) is 23.5 Å². The Bertz CT molecular complexity index is 1250. The molecule has 0 amide bonds.